The lowest BCUT2D eigenvalue weighted by molar-refractivity contribution is -0.139. The molecule has 2 aliphatic rings. The Morgan fingerprint density at radius 3 is 2.62 bits per heavy atom. The van der Waals surface area contributed by atoms with Crippen LogP contribution in [0.5, 0.6) is 0 Å². The van der Waals surface area contributed by atoms with Gasteiger partial charge in [-0.15, -0.1) is 36.2 Å². The van der Waals surface area contributed by atoms with Crippen molar-refractivity contribution in [1.29, 1.82) is 0 Å². The number of amides is 1. The molecule has 150 valence electrons. The Morgan fingerprint density at radius 2 is 2.08 bits per heavy atom. The van der Waals surface area contributed by atoms with Crippen molar-refractivity contribution in [2.45, 2.75) is 52.1 Å². The van der Waals surface area contributed by atoms with E-state index in [4.69, 9.17) is 0 Å². The Morgan fingerprint density at radius 1 is 1.35 bits per heavy atom. The predicted octanol–water partition coefficient (Wildman–Crippen LogP) is 3.11. The number of likely N-dealkylation sites (tertiary alicyclic amines) is 1. The number of aromatic nitrogens is 1. The summed E-state index contributed by atoms with van der Waals surface area (Å²) in [5.41, 5.74) is 1.17. The Hall–Kier alpha value is -0.400. The first-order valence-electron chi connectivity index (χ1n) is 9.32. The van der Waals surface area contributed by atoms with Crippen molar-refractivity contribution in [3.8, 4) is 0 Å². The van der Waals surface area contributed by atoms with E-state index in [1.54, 1.807) is 11.3 Å². The fourth-order valence-electron chi connectivity index (χ4n) is 3.90. The normalized spacial score (nSPS) is 21.1. The van der Waals surface area contributed by atoms with Crippen LogP contribution in [0.15, 0.2) is 5.38 Å². The molecule has 0 saturated carbocycles. The molecule has 1 amide bonds. The number of hydrogen-bond donors (Lipinski definition) is 1. The first-order chi connectivity index (χ1) is 11.7. The number of piperidine rings is 1. The monoisotopic (exact) mass is 422 g/mol. The van der Waals surface area contributed by atoms with Crippen molar-refractivity contribution in [3.63, 3.8) is 0 Å². The average molecular weight is 423 g/mol. The maximum absolute atomic E-state index is 13.0. The number of nitrogens with zero attached hydrogens (tertiary/aromatic N) is 3. The second-order valence-electron chi connectivity index (χ2n) is 7.09. The molecule has 3 rings (SSSR count). The van der Waals surface area contributed by atoms with Crippen LogP contribution < -0.4 is 5.32 Å². The molecule has 0 aromatic carbocycles. The molecular weight excluding hydrogens is 391 g/mol. The lowest BCUT2D eigenvalue weighted by Crippen LogP contribution is -2.47. The highest BCUT2D eigenvalue weighted by molar-refractivity contribution is 7.09. The number of thiazole rings is 1. The number of rotatable bonds is 6. The minimum atomic E-state index is 0. The zero-order valence-corrected chi connectivity index (χ0v) is 18.2. The molecule has 0 aliphatic carbocycles. The topological polar surface area (TPSA) is 48.5 Å². The molecule has 0 spiro atoms. The largest absolute Gasteiger partial charge is 0.338 e. The third kappa shape index (κ3) is 6.06. The Balaban J connectivity index is 0.00000169. The molecular formula is C18H32Cl2N4OS. The average Bonchev–Trinajstić information content (AvgIpc) is 3.25. The number of hydrogen-bond acceptors (Lipinski definition) is 5. The van der Waals surface area contributed by atoms with E-state index in [1.165, 1.54) is 5.69 Å². The number of carbonyl (C=O) groups excluding carboxylic acids is 1. The highest BCUT2D eigenvalue weighted by Crippen LogP contribution is 2.23. The quantitative estimate of drug-likeness (QED) is 0.764. The summed E-state index contributed by atoms with van der Waals surface area (Å²) in [4.78, 5) is 22.2. The second kappa shape index (κ2) is 11.4. The summed E-state index contributed by atoms with van der Waals surface area (Å²) in [7, 11) is 0. The fourth-order valence-corrected chi connectivity index (χ4v) is 4.51. The lowest BCUT2D eigenvalue weighted by Gasteiger charge is -2.36. The Bertz CT molecular complexity index is 543. The minimum absolute atomic E-state index is 0. The van der Waals surface area contributed by atoms with Gasteiger partial charge in [-0.25, -0.2) is 4.98 Å². The van der Waals surface area contributed by atoms with E-state index in [0.29, 0.717) is 11.9 Å². The fraction of sp³-hybridized carbons (Fsp3) is 0.778. The van der Waals surface area contributed by atoms with Gasteiger partial charge in [0.2, 0.25) is 5.91 Å². The molecule has 26 heavy (non-hydrogen) atoms. The second-order valence-corrected chi connectivity index (χ2v) is 8.15. The van der Waals surface area contributed by atoms with Crippen molar-refractivity contribution in [2.24, 2.45) is 5.92 Å². The van der Waals surface area contributed by atoms with Gasteiger partial charge in [0.25, 0.3) is 0 Å². The zero-order valence-electron chi connectivity index (χ0n) is 15.8. The Kier molecular flexibility index (Phi) is 10.4. The summed E-state index contributed by atoms with van der Waals surface area (Å²) in [6, 6.07) is 0.411. The van der Waals surface area contributed by atoms with Gasteiger partial charge in [-0.3, -0.25) is 9.69 Å². The van der Waals surface area contributed by atoms with Gasteiger partial charge in [0, 0.05) is 37.0 Å². The summed E-state index contributed by atoms with van der Waals surface area (Å²) in [6.07, 6.45) is 4.13. The van der Waals surface area contributed by atoms with E-state index in [-0.39, 0.29) is 30.7 Å². The van der Waals surface area contributed by atoms with E-state index < -0.39 is 0 Å². The van der Waals surface area contributed by atoms with E-state index in [9.17, 15) is 4.79 Å². The molecule has 2 aliphatic heterocycles. The van der Waals surface area contributed by atoms with Gasteiger partial charge >= 0.3 is 0 Å². The molecule has 1 atom stereocenters. The highest BCUT2D eigenvalue weighted by Gasteiger charge is 2.32. The van der Waals surface area contributed by atoms with Crippen LogP contribution in [0, 0.1) is 12.8 Å². The number of aryl methyl sites for hydroxylation is 1. The Labute approximate surface area is 173 Å². The van der Waals surface area contributed by atoms with Crippen LogP contribution in [0.1, 0.15) is 43.3 Å². The van der Waals surface area contributed by atoms with Crippen LogP contribution in [0.4, 0.5) is 0 Å². The molecule has 1 unspecified atom stereocenters. The first kappa shape index (κ1) is 23.6. The summed E-state index contributed by atoms with van der Waals surface area (Å²) < 4.78 is 0. The molecule has 0 bridgehead atoms. The van der Waals surface area contributed by atoms with Gasteiger partial charge in [-0.05, 0) is 52.2 Å². The van der Waals surface area contributed by atoms with E-state index in [1.807, 2.05) is 0 Å². The third-order valence-electron chi connectivity index (χ3n) is 5.21. The molecule has 2 saturated heterocycles. The first-order valence-corrected chi connectivity index (χ1v) is 10.2. The van der Waals surface area contributed by atoms with E-state index in [2.05, 4.69) is 39.3 Å². The van der Waals surface area contributed by atoms with Crippen LogP contribution in [-0.4, -0.2) is 59.5 Å². The van der Waals surface area contributed by atoms with Gasteiger partial charge in [0.1, 0.15) is 0 Å². The van der Waals surface area contributed by atoms with Gasteiger partial charge in [-0.1, -0.05) is 6.92 Å². The van der Waals surface area contributed by atoms with Crippen molar-refractivity contribution >= 4 is 42.1 Å². The van der Waals surface area contributed by atoms with Crippen molar-refractivity contribution in [1.82, 2.24) is 20.1 Å². The molecule has 2 fully saturated rings. The van der Waals surface area contributed by atoms with E-state index in [0.717, 1.165) is 70.0 Å². The maximum atomic E-state index is 13.0. The van der Waals surface area contributed by atoms with E-state index >= 15 is 0 Å². The standard InChI is InChI=1S/C18H30N4OS.2ClH/c1-3-8-22(17-4-7-19-11-17)18(23)15-5-9-21(10-6-15)12-16-13-24-14(2)20-16;;/h13,15,17,19H,3-12H2,1-2H3;2*1H. The van der Waals surface area contributed by atoms with Crippen LogP contribution >= 0.6 is 36.2 Å². The van der Waals surface area contributed by atoms with Crippen LogP contribution in [-0.2, 0) is 11.3 Å². The lowest BCUT2D eigenvalue weighted by atomic mass is 9.94. The van der Waals surface area contributed by atoms with Crippen molar-refractivity contribution in [2.75, 3.05) is 32.7 Å². The van der Waals surface area contributed by atoms with Crippen molar-refractivity contribution < 1.29 is 4.79 Å². The number of halogens is 2. The van der Waals surface area contributed by atoms with Crippen LogP contribution in [0.25, 0.3) is 0 Å². The molecule has 5 nitrogen and oxygen atoms in total. The summed E-state index contributed by atoms with van der Waals surface area (Å²) in [5.74, 6) is 0.611. The predicted molar refractivity (Wildman–Crippen MR) is 113 cm³/mol. The van der Waals surface area contributed by atoms with Gasteiger partial charge in [0.05, 0.1) is 10.7 Å². The molecule has 8 heteroatoms. The van der Waals surface area contributed by atoms with Gasteiger partial charge in [-0.2, -0.15) is 0 Å². The molecule has 1 aromatic rings. The van der Waals surface area contributed by atoms with Crippen LogP contribution in [0.3, 0.4) is 0 Å². The SMILES string of the molecule is CCCN(C(=O)C1CCN(Cc2csc(C)n2)CC1)C1CCNC1.Cl.Cl. The maximum Gasteiger partial charge on any atom is 0.226 e. The highest BCUT2D eigenvalue weighted by atomic mass is 35.5. The zero-order chi connectivity index (χ0) is 16.9. The number of carbonyl (C=O) groups is 1. The van der Waals surface area contributed by atoms with Crippen LogP contribution in [0.2, 0.25) is 0 Å². The summed E-state index contributed by atoms with van der Waals surface area (Å²) in [5, 5.41) is 6.69. The minimum Gasteiger partial charge on any atom is -0.338 e. The molecule has 0 radical (unpaired) electrons. The molecule has 1 N–H and O–H groups in total. The number of nitrogens with one attached hydrogen (secondary N) is 1. The summed E-state index contributed by atoms with van der Waals surface area (Å²) in [6.45, 7) is 10.1. The molecule has 1 aromatic heterocycles. The molecule has 3 heterocycles. The van der Waals surface area contributed by atoms with Gasteiger partial charge in [0.15, 0.2) is 0 Å². The smallest absolute Gasteiger partial charge is 0.226 e. The summed E-state index contributed by atoms with van der Waals surface area (Å²) >= 11 is 1.72. The van der Waals surface area contributed by atoms with Crippen molar-refractivity contribution in [3.05, 3.63) is 16.1 Å². The van der Waals surface area contributed by atoms with Gasteiger partial charge < -0.3 is 10.2 Å². The third-order valence-corrected chi connectivity index (χ3v) is 6.03.